The van der Waals surface area contributed by atoms with Crippen LogP contribution in [0.2, 0.25) is 0 Å². The average Bonchev–Trinajstić information content (AvgIpc) is 3.27. The molecule has 0 unspecified atom stereocenters. The largest absolute Gasteiger partial charge is 0.296 e. The van der Waals surface area contributed by atoms with E-state index in [1.54, 1.807) is 23.1 Å². The average molecular weight is 405 g/mol. The zero-order chi connectivity index (χ0) is 18.4. The number of aryl methyl sites for hydroxylation is 2. The van der Waals surface area contributed by atoms with E-state index < -0.39 is 0 Å². The number of nitrogens with zero attached hydrogens (tertiary/aromatic N) is 3. The van der Waals surface area contributed by atoms with Crippen LogP contribution in [-0.2, 0) is 12.2 Å². The van der Waals surface area contributed by atoms with Crippen LogP contribution in [0.25, 0.3) is 0 Å². The predicted octanol–water partition coefficient (Wildman–Crippen LogP) is 5.19. The van der Waals surface area contributed by atoms with E-state index in [2.05, 4.69) is 27.4 Å². The summed E-state index contributed by atoms with van der Waals surface area (Å²) < 4.78 is 1.02. The first-order valence-corrected chi connectivity index (χ1v) is 11.1. The zero-order valence-electron chi connectivity index (χ0n) is 14.7. The van der Waals surface area contributed by atoms with Crippen LogP contribution in [0.3, 0.4) is 0 Å². The molecule has 0 bridgehead atoms. The Morgan fingerprint density at radius 1 is 1.27 bits per heavy atom. The van der Waals surface area contributed by atoms with Gasteiger partial charge in [0, 0.05) is 28.8 Å². The molecular weight excluding hydrogens is 384 g/mol. The number of hydrogen-bond donors (Lipinski definition) is 1. The van der Waals surface area contributed by atoms with E-state index in [1.807, 2.05) is 36.6 Å². The minimum absolute atomic E-state index is 0.144. The van der Waals surface area contributed by atoms with Crippen LogP contribution in [0.4, 0.5) is 5.13 Å². The number of carbonyl (C=O) groups excluding carboxylic acids is 1. The lowest BCUT2D eigenvalue weighted by atomic mass is 10.1. The highest BCUT2D eigenvalue weighted by molar-refractivity contribution is 8.00. The summed E-state index contributed by atoms with van der Waals surface area (Å²) in [6.45, 7) is 4.13. The van der Waals surface area contributed by atoms with Gasteiger partial charge in [-0.05, 0) is 25.0 Å². The summed E-state index contributed by atoms with van der Waals surface area (Å²) >= 11 is 4.72. The summed E-state index contributed by atoms with van der Waals surface area (Å²) in [5, 5.41) is 14.7. The maximum atomic E-state index is 12.7. The van der Waals surface area contributed by atoms with Gasteiger partial charge in [-0.25, -0.2) is 4.98 Å². The summed E-state index contributed by atoms with van der Waals surface area (Å²) in [4.78, 5) is 17.1. The van der Waals surface area contributed by atoms with E-state index in [0.29, 0.717) is 16.4 Å². The highest BCUT2D eigenvalue weighted by Gasteiger charge is 2.14. The van der Waals surface area contributed by atoms with Gasteiger partial charge in [0.15, 0.2) is 0 Å². The first-order valence-electron chi connectivity index (χ1n) is 8.42. The second-order valence-corrected chi connectivity index (χ2v) is 8.90. The van der Waals surface area contributed by atoms with Crippen molar-refractivity contribution in [3.8, 4) is 0 Å². The molecule has 5 nitrogen and oxygen atoms in total. The molecule has 0 aliphatic rings. The number of amides is 1. The number of anilines is 1. The summed E-state index contributed by atoms with van der Waals surface area (Å²) in [6.07, 6.45) is 3.11. The van der Waals surface area contributed by atoms with Crippen LogP contribution in [0.15, 0.2) is 34.0 Å². The molecular formula is C18H20N4OS3. The van der Waals surface area contributed by atoms with Crippen LogP contribution < -0.4 is 5.32 Å². The molecule has 8 heteroatoms. The maximum absolute atomic E-state index is 12.7. The van der Waals surface area contributed by atoms with Gasteiger partial charge in [0.1, 0.15) is 9.35 Å². The molecule has 0 spiro atoms. The molecule has 136 valence electrons. The van der Waals surface area contributed by atoms with E-state index in [1.165, 1.54) is 11.3 Å². The normalized spacial score (nSPS) is 10.8. The fourth-order valence-electron chi connectivity index (χ4n) is 2.30. The van der Waals surface area contributed by atoms with Crippen LogP contribution >= 0.6 is 34.4 Å². The second-order valence-electron chi connectivity index (χ2n) is 5.76. The number of carbonyl (C=O) groups is 1. The first-order chi connectivity index (χ1) is 12.7. The van der Waals surface area contributed by atoms with Gasteiger partial charge in [-0.15, -0.1) is 21.5 Å². The van der Waals surface area contributed by atoms with Crippen molar-refractivity contribution >= 4 is 45.5 Å². The van der Waals surface area contributed by atoms with Gasteiger partial charge >= 0.3 is 0 Å². The number of thiazole rings is 1. The van der Waals surface area contributed by atoms with Gasteiger partial charge < -0.3 is 0 Å². The Morgan fingerprint density at radius 2 is 2.12 bits per heavy atom. The Balaban J connectivity index is 1.66. The predicted molar refractivity (Wildman–Crippen MR) is 109 cm³/mol. The van der Waals surface area contributed by atoms with Crippen LogP contribution in [-0.4, -0.2) is 21.1 Å². The number of unbranched alkanes of at least 4 members (excludes halogenated alkanes) is 1. The van der Waals surface area contributed by atoms with Crippen LogP contribution in [0.5, 0.6) is 0 Å². The Morgan fingerprint density at radius 3 is 2.88 bits per heavy atom. The molecule has 3 aromatic rings. The highest BCUT2D eigenvalue weighted by atomic mass is 32.2. The molecule has 3 rings (SSSR count). The van der Waals surface area contributed by atoms with E-state index in [9.17, 15) is 4.79 Å². The molecule has 0 saturated carbocycles. The number of nitrogens with one attached hydrogen (secondary N) is 1. The minimum Gasteiger partial charge on any atom is -0.296 e. The van der Waals surface area contributed by atoms with Crippen molar-refractivity contribution in [3.05, 3.63) is 51.5 Å². The molecule has 0 fully saturated rings. The van der Waals surface area contributed by atoms with Crippen molar-refractivity contribution in [1.29, 1.82) is 0 Å². The van der Waals surface area contributed by atoms with Gasteiger partial charge in [-0.2, -0.15) is 0 Å². The SMILES string of the molecule is CCCCc1nnc(NC(=O)c2ccccc2CSc2nc(C)cs2)s1. The van der Waals surface area contributed by atoms with Crippen molar-refractivity contribution in [2.24, 2.45) is 0 Å². The summed E-state index contributed by atoms with van der Waals surface area (Å²) in [5.74, 6) is 0.559. The van der Waals surface area contributed by atoms with Crippen LogP contribution in [0, 0.1) is 6.92 Å². The molecule has 0 radical (unpaired) electrons. The van der Waals surface area contributed by atoms with Gasteiger partial charge in [0.25, 0.3) is 5.91 Å². The van der Waals surface area contributed by atoms with E-state index in [0.717, 1.165) is 39.9 Å². The fraction of sp³-hybridized carbons (Fsp3) is 0.333. The first kappa shape index (κ1) is 19.0. The third-order valence-electron chi connectivity index (χ3n) is 3.64. The molecule has 2 aromatic heterocycles. The molecule has 2 heterocycles. The third-order valence-corrected chi connectivity index (χ3v) is 6.73. The Bertz CT molecular complexity index is 875. The van der Waals surface area contributed by atoms with Gasteiger partial charge in [0.05, 0.1) is 0 Å². The van der Waals surface area contributed by atoms with Crippen molar-refractivity contribution in [2.45, 2.75) is 43.2 Å². The quantitative estimate of drug-likeness (QED) is 0.523. The molecule has 1 amide bonds. The number of benzene rings is 1. The molecule has 0 saturated heterocycles. The molecule has 1 aromatic carbocycles. The van der Waals surface area contributed by atoms with E-state index >= 15 is 0 Å². The Labute approximate surface area is 165 Å². The van der Waals surface area contributed by atoms with Gasteiger partial charge in [-0.1, -0.05) is 54.6 Å². The molecule has 0 aliphatic heterocycles. The monoisotopic (exact) mass is 404 g/mol. The second kappa shape index (κ2) is 9.25. The van der Waals surface area contributed by atoms with E-state index in [4.69, 9.17) is 0 Å². The van der Waals surface area contributed by atoms with Crippen molar-refractivity contribution in [2.75, 3.05) is 5.32 Å². The Hall–Kier alpha value is -1.77. The van der Waals surface area contributed by atoms with Crippen molar-refractivity contribution in [1.82, 2.24) is 15.2 Å². The van der Waals surface area contributed by atoms with Crippen molar-refractivity contribution < 1.29 is 4.79 Å². The standard InChI is InChI=1S/C18H20N4OS3/c1-3-4-9-15-21-22-17(26-15)20-16(23)14-8-6-5-7-13(14)11-25-18-19-12(2)10-24-18/h5-8,10H,3-4,9,11H2,1-2H3,(H,20,22,23). The molecule has 0 atom stereocenters. The fourth-order valence-corrected chi connectivity index (χ4v) is 4.93. The number of thioether (sulfide) groups is 1. The molecule has 26 heavy (non-hydrogen) atoms. The lowest BCUT2D eigenvalue weighted by Crippen LogP contribution is -2.13. The zero-order valence-corrected chi connectivity index (χ0v) is 17.1. The summed E-state index contributed by atoms with van der Waals surface area (Å²) in [7, 11) is 0. The topological polar surface area (TPSA) is 67.8 Å². The van der Waals surface area contributed by atoms with Gasteiger partial charge in [-0.3, -0.25) is 10.1 Å². The summed E-state index contributed by atoms with van der Waals surface area (Å²) in [5.41, 5.74) is 2.68. The number of aromatic nitrogens is 3. The maximum Gasteiger partial charge on any atom is 0.257 e. The van der Waals surface area contributed by atoms with Crippen LogP contribution in [0.1, 0.15) is 46.4 Å². The lowest BCUT2D eigenvalue weighted by Gasteiger charge is -2.07. The number of hydrogen-bond acceptors (Lipinski definition) is 7. The van der Waals surface area contributed by atoms with E-state index in [-0.39, 0.29) is 5.91 Å². The number of rotatable bonds is 8. The molecule has 1 N–H and O–H groups in total. The summed E-state index contributed by atoms with van der Waals surface area (Å²) in [6, 6.07) is 7.66. The minimum atomic E-state index is -0.144. The smallest absolute Gasteiger partial charge is 0.257 e. The lowest BCUT2D eigenvalue weighted by molar-refractivity contribution is 0.102. The highest BCUT2D eigenvalue weighted by Crippen LogP contribution is 2.27. The molecule has 0 aliphatic carbocycles. The Kier molecular flexibility index (Phi) is 6.76. The van der Waals surface area contributed by atoms with Crippen molar-refractivity contribution in [3.63, 3.8) is 0 Å². The third kappa shape index (κ3) is 5.12. The van der Waals surface area contributed by atoms with Gasteiger partial charge in [0.2, 0.25) is 5.13 Å².